The molecular weight excluding hydrogens is 240 g/mol. The molecule has 1 aliphatic rings. The van der Waals surface area contributed by atoms with Gasteiger partial charge in [0.25, 0.3) is 0 Å². The van der Waals surface area contributed by atoms with Crippen molar-refractivity contribution in [3.8, 4) is 0 Å². The van der Waals surface area contributed by atoms with Gasteiger partial charge in [-0.05, 0) is 18.3 Å². The minimum absolute atomic E-state index is 0.344. The fraction of sp³-hybridized carbons (Fsp3) is 0.857. The van der Waals surface area contributed by atoms with Crippen molar-refractivity contribution in [2.45, 2.75) is 65.5 Å². The maximum Gasteiger partial charge on any atom is 0.0756 e. The van der Waals surface area contributed by atoms with Gasteiger partial charge in [0.2, 0.25) is 0 Å². The van der Waals surface area contributed by atoms with E-state index in [0.717, 1.165) is 0 Å². The fourth-order valence-electron chi connectivity index (χ4n) is 2.54. The van der Waals surface area contributed by atoms with E-state index in [2.05, 4.69) is 52.7 Å². The van der Waals surface area contributed by atoms with Crippen molar-refractivity contribution in [1.82, 2.24) is 0 Å². The minimum Gasteiger partial charge on any atom is -0.377 e. The zero-order valence-electron chi connectivity index (χ0n) is 13.0. The summed E-state index contributed by atoms with van der Waals surface area (Å²) in [5, 5.41) is 1.76. The van der Waals surface area contributed by atoms with Gasteiger partial charge in [0.1, 0.15) is 0 Å². The Labute approximate surface area is 109 Å². The molecule has 0 amide bonds. The van der Waals surface area contributed by atoms with Crippen LogP contribution in [0.15, 0.2) is 11.3 Å². The lowest BCUT2D eigenvalue weighted by atomic mass is 9.79. The predicted octanol–water partition coefficient (Wildman–Crippen LogP) is 4.41. The molecule has 1 nitrogen and oxygen atoms in total. The summed E-state index contributed by atoms with van der Waals surface area (Å²) in [5.41, 5.74) is 0.411. The maximum absolute atomic E-state index is 5.63. The van der Waals surface area contributed by atoms with E-state index in [1.807, 2.05) is 7.11 Å². The second kappa shape index (κ2) is 4.67. The Morgan fingerprint density at radius 2 is 1.71 bits per heavy atom. The average molecular weight is 271 g/mol. The molecule has 0 saturated heterocycles. The van der Waals surface area contributed by atoms with Crippen LogP contribution >= 0.6 is 0 Å². The first-order valence-electron chi connectivity index (χ1n) is 6.73. The summed E-state index contributed by atoms with van der Waals surface area (Å²) in [6.07, 6.45) is 5.27. The number of rotatable bonds is 3. The third-order valence-electron chi connectivity index (χ3n) is 4.79. The van der Waals surface area contributed by atoms with Crippen LogP contribution in [0.4, 0.5) is 0 Å². The number of hydrogen-bond acceptors (Lipinski definition) is 1. The summed E-state index contributed by atoms with van der Waals surface area (Å²) in [6.45, 7) is 17.5. The van der Waals surface area contributed by atoms with Crippen molar-refractivity contribution >= 4 is 15.2 Å². The van der Waals surface area contributed by atoms with Gasteiger partial charge < -0.3 is 4.74 Å². The zero-order chi connectivity index (χ0) is 13.5. The summed E-state index contributed by atoms with van der Waals surface area (Å²) < 4.78 is 5.63. The first-order chi connectivity index (χ1) is 7.49. The Hall–Kier alpha value is 0.134. The summed E-state index contributed by atoms with van der Waals surface area (Å²) in [7, 11) is -0.443. The molecule has 0 spiro atoms. The molecule has 3 heteroatoms. The van der Waals surface area contributed by atoms with Crippen molar-refractivity contribution in [2.75, 3.05) is 7.11 Å². The van der Waals surface area contributed by atoms with Gasteiger partial charge in [-0.1, -0.05) is 57.9 Å². The van der Waals surface area contributed by atoms with Crippen LogP contribution in [0, 0.1) is 5.41 Å². The average Bonchev–Trinajstić information content (AvgIpc) is 2.13. The molecule has 0 aromatic rings. The van der Waals surface area contributed by atoms with Crippen LogP contribution in [-0.4, -0.2) is 28.4 Å². The van der Waals surface area contributed by atoms with E-state index >= 15 is 0 Å². The lowest BCUT2D eigenvalue weighted by Gasteiger charge is -2.44. The molecule has 0 heterocycles. The Morgan fingerprint density at radius 1 is 1.18 bits per heavy atom. The van der Waals surface area contributed by atoms with Gasteiger partial charge in [0, 0.05) is 14.7 Å². The Kier molecular flexibility index (Phi) is 4.17. The molecule has 0 saturated carbocycles. The molecule has 1 aliphatic carbocycles. The number of hydrogen-bond donors (Lipinski definition) is 0. The molecule has 0 aromatic heterocycles. The lowest BCUT2D eigenvalue weighted by Crippen LogP contribution is -2.55. The smallest absolute Gasteiger partial charge is 0.0756 e. The van der Waals surface area contributed by atoms with Crippen LogP contribution in [0.5, 0.6) is 0 Å². The Balaban J connectivity index is 3.08. The summed E-state index contributed by atoms with van der Waals surface area (Å²) >= 11 is 0. The van der Waals surface area contributed by atoms with Crippen molar-refractivity contribution in [3.05, 3.63) is 11.3 Å². The summed E-state index contributed by atoms with van der Waals surface area (Å²) in [4.78, 5) is 0. The molecule has 17 heavy (non-hydrogen) atoms. The molecule has 0 radical (unpaired) electrons. The molecule has 0 bridgehead atoms. The van der Waals surface area contributed by atoms with Crippen molar-refractivity contribution in [2.24, 2.45) is 5.41 Å². The first-order valence-corrected chi connectivity index (χ1v) is 14.2. The van der Waals surface area contributed by atoms with E-state index in [-0.39, 0.29) is 0 Å². The molecule has 1 rings (SSSR count). The number of allylic oxidation sites excluding steroid dienone is 1. The van der Waals surface area contributed by atoms with E-state index in [4.69, 9.17) is 4.74 Å². The van der Waals surface area contributed by atoms with Gasteiger partial charge in [-0.25, -0.2) is 0 Å². The highest BCUT2D eigenvalue weighted by Gasteiger charge is 2.43. The lowest BCUT2D eigenvalue weighted by molar-refractivity contribution is 0.0878. The number of ether oxygens (including phenoxy) is 1. The number of methoxy groups -OCH3 is 1. The molecule has 100 valence electrons. The van der Waals surface area contributed by atoms with Crippen LogP contribution in [0.1, 0.15) is 26.7 Å². The van der Waals surface area contributed by atoms with Crippen LogP contribution < -0.4 is 0 Å². The Bertz CT molecular complexity index is 311. The quantitative estimate of drug-likeness (QED) is 0.690. The van der Waals surface area contributed by atoms with Gasteiger partial charge in [0.15, 0.2) is 0 Å². The van der Waals surface area contributed by atoms with Crippen molar-refractivity contribution in [3.63, 3.8) is 0 Å². The minimum atomic E-state index is -1.23. The molecule has 0 aliphatic heterocycles. The third kappa shape index (κ3) is 3.32. The summed E-state index contributed by atoms with van der Waals surface area (Å²) in [5.74, 6) is 0. The van der Waals surface area contributed by atoms with E-state index in [1.54, 1.807) is 5.20 Å². The first kappa shape index (κ1) is 15.2. The van der Waals surface area contributed by atoms with E-state index in [9.17, 15) is 0 Å². The molecular formula is C14H30OSi2. The topological polar surface area (TPSA) is 9.23 Å². The molecule has 0 fully saturated rings. The fourth-order valence-corrected chi connectivity index (χ4v) is 8.43. The highest BCUT2D eigenvalue weighted by atomic mass is 29.3. The van der Waals surface area contributed by atoms with Crippen molar-refractivity contribution < 1.29 is 4.74 Å². The van der Waals surface area contributed by atoms with Crippen molar-refractivity contribution in [1.29, 1.82) is 0 Å². The maximum atomic E-state index is 5.63. The van der Waals surface area contributed by atoms with Crippen LogP contribution in [0.2, 0.25) is 32.7 Å². The third-order valence-corrected chi connectivity index (χ3v) is 22.7. The standard InChI is InChI=1S/C14H30OSi2/c1-14(2)10-12(15-3)9-13(11-14)17(7,8)16(4,5)6/h9,12H,10-11H2,1-8H3. The van der Waals surface area contributed by atoms with Gasteiger partial charge in [-0.15, -0.1) is 0 Å². The molecule has 0 aromatic carbocycles. The largest absolute Gasteiger partial charge is 0.377 e. The zero-order valence-corrected chi connectivity index (χ0v) is 15.0. The SMILES string of the molecule is COC1C=C([Si](C)(C)[Si](C)(C)C)CC(C)(C)C1. The van der Waals surface area contributed by atoms with Crippen LogP contribution in [-0.2, 0) is 4.74 Å². The van der Waals surface area contributed by atoms with Crippen LogP contribution in [0.3, 0.4) is 0 Å². The monoisotopic (exact) mass is 270 g/mol. The normalized spacial score (nSPS) is 25.6. The summed E-state index contributed by atoms with van der Waals surface area (Å²) in [6, 6.07) is 0. The predicted molar refractivity (Wildman–Crippen MR) is 82.7 cm³/mol. The molecule has 0 N–H and O–H groups in total. The van der Waals surface area contributed by atoms with Gasteiger partial charge in [0.05, 0.1) is 13.7 Å². The Morgan fingerprint density at radius 3 is 2.12 bits per heavy atom. The second-order valence-electron chi connectivity index (χ2n) is 7.89. The van der Waals surface area contributed by atoms with Crippen LogP contribution in [0.25, 0.3) is 0 Å². The highest BCUT2D eigenvalue weighted by Crippen LogP contribution is 2.41. The highest BCUT2D eigenvalue weighted by molar-refractivity contribution is 7.43. The molecule has 1 atom stereocenters. The van der Waals surface area contributed by atoms with Gasteiger partial charge >= 0.3 is 0 Å². The van der Waals surface area contributed by atoms with Gasteiger partial charge in [-0.3, -0.25) is 0 Å². The second-order valence-corrected chi connectivity index (χ2v) is 24.5. The van der Waals surface area contributed by atoms with Gasteiger partial charge in [-0.2, -0.15) is 0 Å². The van der Waals surface area contributed by atoms with E-state index in [0.29, 0.717) is 11.5 Å². The molecule has 1 unspecified atom stereocenters. The van der Waals surface area contributed by atoms with E-state index in [1.165, 1.54) is 12.8 Å². The van der Waals surface area contributed by atoms with E-state index < -0.39 is 15.2 Å².